The normalized spacial score (nSPS) is 11.4. The number of rotatable bonds is 7. The molecule has 6 nitrogen and oxygen atoms in total. The number of aromatic nitrogens is 1. The van der Waals surface area contributed by atoms with Crippen LogP contribution in [0.1, 0.15) is 35.3 Å². The van der Waals surface area contributed by atoms with Gasteiger partial charge in [-0.25, -0.2) is 13.4 Å². The van der Waals surface area contributed by atoms with Gasteiger partial charge in [0.25, 0.3) is 15.9 Å². The van der Waals surface area contributed by atoms with Gasteiger partial charge in [0.05, 0.1) is 10.5 Å². The van der Waals surface area contributed by atoms with Gasteiger partial charge in [0.1, 0.15) is 5.03 Å². The highest BCUT2D eigenvalue weighted by atomic mass is 32.2. The van der Waals surface area contributed by atoms with Crippen molar-refractivity contribution in [3.63, 3.8) is 0 Å². The van der Waals surface area contributed by atoms with Crippen LogP contribution in [0.5, 0.6) is 0 Å². The first-order valence-corrected chi connectivity index (χ1v) is 12.1. The Hall–Kier alpha value is -2.84. The molecular formula is C23H25N3O3S2. The Kier molecular flexibility index (Phi) is 7.02. The van der Waals surface area contributed by atoms with Crippen LogP contribution < -0.4 is 10.0 Å². The van der Waals surface area contributed by atoms with E-state index in [1.807, 2.05) is 39.8 Å². The van der Waals surface area contributed by atoms with Crippen LogP contribution >= 0.6 is 11.8 Å². The number of aryl methyl sites for hydroxylation is 2. The molecule has 0 fully saturated rings. The van der Waals surface area contributed by atoms with E-state index >= 15 is 0 Å². The van der Waals surface area contributed by atoms with E-state index in [1.165, 1.54) is 11.8 Å². The summed E-state index contributed by atoms with van der Waals surface area (Å²) in [6.07, 6.45) is 1.55. The van der Waals surface area contributed by atoms with Gasteiger partial charge in [0, 0.05) is 22.8 Å². The van der Waals surface area contributed by atoms with Crippen molar-refractivity contribution in [2.75, 3.05) is 4.72 Å². The predicted molar refractivity (Wildman–Crippen MR) is 124 cm³/mol. The number of carbonyl (C=O) groups is 1. The molecule has 0 aliphatic carbocycles. The maximum absolute atomic E-state index is 12.6. The third-order valence-corrected chi connectivity index (χ3v) is 6.87. The summed E-state index contributed by atoms with van der Waals surface area (Å²) in [7, 11) is -3.65. The quantitative estimate of drug-likeness (QED) is 0.535. The first kappa shape index (κ1) is 22.8. The molecule has 0 saturated carbocycles. The Labute approximate surface area is 187 Å². The number of hydrogen-bond donors (Lipinski definition) is 2. The fourth-order valence-electron chi connectivity index (χ4n) is 2.73. The molecule has 0 saturated heterocycles. The maximum Gasteiger partial charge on any atom is 0.261 e. The van der Waals surface area contributed by atoms with Gasteiger partial charge in [-0.1, -0.05) is 17.8 Å². The molecule has 0 spiro atoms. The molecule has 3 rings (SSSR count). The molecule has 0 atom stereocenters. The van der Waals surface area contributed by atoms with E-state index in [1.54, 1.807) is 48.7 Å². The summed E-state index contributed by atoms with van der Waals surface area (Å²) in [5.74, 6) is -0.153. The number of sulfonamides is 1. The molecule has 2 N–H and O–H groups in total. The van der Waals surface area contributed by atoms with Crippen molar-refractivity contribution < 1.29 is 13.2 Å². The maximum atomic E-state index is 12.6. The smallest absolute Gasteiger partial charge is 0.261 e. The van der Waals surface area contributed by atoms with Gasteiger partial charge in [0.15, 0.2) is 0 Å². The lowest BCUT2D eigenvalue weighted by molar-refractivity contribution is 0.0942. The van der Waals surface area contributed by atoms with E-state index in [0.29, 0.717) is 11.3 Å². The molecule has 0 aliphatic heterocycles. The lowest BCUT2D eigenvalue weighted by Gasteiger charge is -2.10. The number of pyridine rings is 1. The largest absolute Gasteiger partial charge is 0.350 e. The Morgan fingerprint density at radius 1 is 0.968 bits per heavy atom. The van der Waals surface area contributed by atoms with Crippen LogP contribution in [-0.2, 0) is 10.0 Å². The molecular weight excluding hydrogens is 430 g/mol. The minimum Gasteiger partial charge on any atom is -0.350 e. The second-order valence-electron chi connectivity index (χ2n) is 7.49. The van der Waals surface area contributed by atoms with Gasteiger partial charge in [-0.2, -0.15) is 0 Å². The first-order valence-electron chi connectivity index (χ1n) is 9.79. The fraction of sp³-hybridized carbons (Fsp3) is 0.217. The van der Waals surface area contributed by atoms with E-state index in [2.05, 4.69) is 15.0 Å². The minimum atomic E-state index is -3.65. The Bertz CT molecular complexity index is 1170. The van der Waals surface area contributed by atoms with Crippen LogP contribution in [0.2, 0.25) is 0 Å². The van der Waals surface area contributed by atoms with Crippen molar-refractivity contribution in [3.05, 3.63) is 77.5 Å². The van der Waals surface area contributed by atoms with Crippen molar-refractivity contribution in [1.82, 2.24) is 10.3 Å². The Morgan fingerprint density at radius 2 is 1.68 bits per heavy atom. The van der Waals surface area contributed by atoms with E-state index in [-0.39, 0.29) is 16.8 Å². The van der Waals surface area contributed by atoms with E-state index in [9.17, 15) is 13.2 Å². The number of nitrogens with one attached hydrogen (secondary N) is 2. The van der Waals surface area contributed by atoms with Gasteiger partial charge >= 0.3 is 0 Å². The zero-order chi connectivity index (χ0) is 22.6. The standard InChI is InChI=1S/C23H25N3O3S2/c1-15(2)25-23(27)18-6-12-22(24-14-18)30-20-9-7-19(8-10-20)26-31(28,29)21-11-5-16(3)17(4)13-21/h5-15,26H,1-4H3,(H,25,27). The van der Waals surface area contributed by atoms with Crippen molar-refractivity contribution in [1.29, 1.82) is 0 Å². The minimum absolute atomic E-state index is 0.0625. The number of amides is 1. The van der Waals surface area contributed by atoms with Gasteiger partial charge in [-0.15, -0.1) is 0 Å². The van der Waals surface area contributed by atoms with E-state index in [4.69, 9.17) is 0 Å². The molecule has 8 heteroatoms. The topological polar surface area (TPSA) is 88.2 Å². The van der Waals surface area contributed by atoms with Crippen LogP contribution in [-0.4, -0.2) is 25.4 Å². The monoisotopic (exact) mass is 455 g/mol. The summed E-state index contributed by atoms with van der Waals surface area (Å²) in [5.41, 5.74) is 2.96. The zero-order valence-corrected chi connectivity index (χ0v) is 19.5. The summed E-state index contributed by atoms with van der Waals surface area (Å²) < 4.78 is 27.9. The molecule has 2 aromatic carbocycles. The molecule has 31 heavy (non-hydrogen) atoms. The van der Waals surface area contributed by atoms with E-state index < -0.39 is 10.0 Å². The van der Waals surface area contributed by atoms with Gasteiger partial charge in [-0.3, -0.25) is 9.52 Å². The van der Waals surface area contributed by atoms with Crippen LogP contribution in [0.4, 0.5) is 5.69 Å². The third-order valence-electron chi connectivity index (χ3n) is 4.54. The van der Waals surface area contributed by atoms with Crippen LogP contribution in [0, 0.1) is 13.8 Å². The van der Waals surface area contributed by atoms with Crippen molar-refractivity contribution in [2.45, 2.75) is 48.6 Å². The van der Waals surface area contributed by atoms with Crippen molar-refractivity contribution in [3.8, 4) is 0 Å². The second-order valence-corrected chi connectivity index (χ2v) is 10.3. The molecule has 1 amide bonds. The molecule has 1 aromatic heterocycles. The average Bonchev–Trinajstić information content (AvgIpc) is 2.71. The first-order chi connectivity index (χ1) is 14.6. The van der Waals surface area contributed by atoms with Crippen LogP contribution in [0.25, 0.3) is 0 Å². The van der Waals surface area contributed by atoms with Gasteiger partial charge < -0.3 is 5.32 Å². The van der Waals surface area contributed by atoms with Crippen LogP contribution in [0.3, 0.4) is 0 Å². The number of hydrogen-bond acceptors (Lipinski definition) is 5. The molecule has 3 aromatic rings. The lowest BCUT2D eigenvalue weighted by atomic mass is 10.1. The summed E-state index contributed by atoms with van der Waals surface area (Å²) in [6, 6.07) is 15.7. The summed E-state index contributed by atoms with van der Waals surface area (Å²) in [4.78, 5) is 17.5. The number of benzene rings is 2. The highest BCUT2D eigenvalue weighted by molar-refractivity contribution is 7.99. The van der Waals surface area contributed by atoms with Crippen molar-refractivity contribution in [2.24, 2.45) is 0 Å². The highest BCUT2D eigenvalue weighted by Gasteiger charge is 2.15. The lowest BCUT2D eigenvalue weighted by Crippen LogP contribution is -2.30. The molecule has 0 unspecified atom stereocenters. The summed E-state index contributed by atoms with van der Waals surface area (Å²) >= 11 is 1.43. The molecule has 0 bridgehead atoms. The third kappa shape index (κ3) is 6.08. The Balaban J connectivity index is 1.66. The molecule has 1 heterocycles. The number of carbonyl (C=O) groups excluding carboxylic acids is 1. The molecule has 162 valence electrons. The predicted octanol–water partition coefficient (Wildman–Crippen LogP) is 4.79. The number of anilines is 1. The second kappa shape index (κ2) is 9.53. The molecule has 0 radical (unpaired) electrons. The van der Waals surface area contributed by atoms with E-state index in [0.717, 1.165) is 21.0 Å². The average molecular weight is 456 g/mol. The number of nitrogens with zero attached hydrogens (tertiary/aromatic N) is 1. The summed E-state index contributed by atoms with van der Waals surface area (Å²) in [5, 5.41) is 3.57. The van der Waals surface area contributed by atoms with Gasteiger partial charge in [0.2, 0.25) is 0 Å². The van der Waals surface area contributed by atoms with Crippen molar-refractivity contribution >= 4 is 33.4 Å². The SMILES string of the molecule is Cc1ccc(S(=O)(=O)Nc2ccc(Sc3ccc(C(=O)NC(C)C)cn3)cc2)cc1C. The van der Waals surface area contributed by atoms with Crippen LogP contribution in [0.15, 0.2) is 75.6 Å². The fourth-order valence-corrected chi connectivity index (χ4v) is 4.63. The highest BCUT2D eigenvalue weighted by Crippen LogP contribution is 2.28. The Morgan fingerprint density at radius 3 is 2.26 bits per heavy atom. The zero-order valence-electron chi connectivity index (χ0n) is 17.8. The molecule has 0 aliphatic rings. The summed E-state index contributed by atoms with van der Waals surface area (Å²) in [6.45, 7) is 7.64. The van der Waals surface area contributed by atoms with Gasteiger partial charge in [-0.05, 0) is 87.4 Å².